The first-order chi connectivity index (χ1) is 14.3. The molecule has 0 fully saturated rings. The second-order valence-electron chi connectivity index (χ2n) is 7.20. The van der Waals surface area contributed by atoms with E-state index in [4.69, 9.17) is 0 Å². The van der Waals surface area contributed by atoms with Crippen LogP contribution in [-0.2, 0) is 0 Å². The Balaban J connectivity index is 1.77. The zero-order chi connectivity index (χ0) is 19.6. The maximum Gasteiger partial charge on any atom is 0.0175 e. The summed E-state index contributed by atoms with van der Waals surface area (Å²) in [5.74, 6) is 0. The van der Waals surface area contributed by atoms with Gasteiger partial charge >= 0.3 is 0 Å². The van der Waals surface area contributed by atoms with Crippen molar-refractivity contribution in [3.8, 4) is 0 Å². The van der Waals surface area contributed by atoms with E-state index in [9.17, 15) is 0 Å². The quantitative estimate of drug-likeness (QED) is 0.250. The highest BCUT2D eigenvalue weighted by Crippen LogP contribution is 2.33. The zero-order valence-corrected chi connectivity index (χ0v) is 17.4. The molecule has 0 atom stereocenters. The van der Waals surface area contributed by atoms with Gasteiger partial charge in [-0.05, 0) is 68.1 Å². The van der Waals surface area contributed by atoms with Gasteiger partial charge in [-0.25, -0.2) is 0 Å². The van der Waals surface area contributed by atoms with Gasteiger partial charge in [-0.1, -0.05) is 107 Å². The van der Waals surface area contributed by atoms with Gasteiger partial charge in [-0.2, -0.15) is 0 Å². The van der Waals surface area contributed by atoms with E-state index in [1.807, 2.05) is 0 Å². The molecule has 0 amide bonds. The third-order valence-corrected chi connectivity index (χ3v) is 5.85. The average Bonchev–Trinajstić information content (AvgIpc) is 2.78. The lowest BCUT2D eigenvalue weighted by Gasteiger charge is -2.13. The summed E-state index contributed by atoms with van der Waals surface area (Å²) in [6, 6.07) is 38.9. The average molecular weight is 435 g/mol. The molecular weight excluding hydrogens is 416 g/mol. The van der Waals surface area contributed by atoms with Crippen LogP contribution in [0.1, 0.15) is 16.7 Å². The van der Waals surface area contributed by atoms with Crippen LogP contribution in [0.25, 0.3) is 33.2 Å². The Morgan fingerprint density at radius 2 is 1.28 bits per heavy atom. The summed E-state index contributed by atoms with van der Waals surface area (Å²) in [4.78, 5) is 0. The molecule has 0 heterocycles. The van der Waals surface area contributed by atoms with Gasteiger partial charge < -0.3 is 0 Å². The van der Waals surface area contributed by atoms with E-state index < -0.39 is 0 Å². The van der Waals surface area contributed by atoms with E-state index in [-0.39, 0.29) is 0 Å². The van der Waals surface area contributed by atoms with Gasteiger partial charge in [0.25, 0.3) is 0 Å². The number of rotatable bonds is 3. The zero-order valence-electron chi connectivity index (χ0n) is 15.8. The Kier molecular flexibility index (Phi) is 4.75. The van der Waals surface area contributed by atoms with Crippen LogP contribution in [0.4, 0.5) is 0 Å². The normalized spacial score (nSPS) is 11.8. The largest absolute Gasteiger partial charge is 0.0616 e. The van der Waals surface area contributed by atoms with Gasteiger partial charge in [0.15, 0.2) is 0 Å². The fourth-order valence-corrected chi connectivity index (χ4v) is 4.12. The molecule has 138 valence electrons. The van der Waals surface area contributed by atoms with Gasteiger partial charge in [0.05, 0.1) is 0 Å². The van der Waals surface area contributed by atoms with E-state index in [2.05, 4.69) is 131 Å². The number of fused-ring (bicyclic) bond motifs is 2. The van der Waals surface area contributed by atoms with E-state index in [0.717, 1.165) is 4.47 Å². The summed E-state index contributed by atoms with van der Waals surface area (Å²) in [6.07, 6.45) is 2.29. The molecule has 0 aromatic heterocycles. The van der Waals surface area contributed by atoms with Crippen LogP contribution >= 0.6 is 15.9 Å². The predicted molar refractivity (Wildman–Crippen MR) is 129 cm³/mol. The minimum absolute atomic E-state index is 1.09. The fourth-order valence-electron chi connectivity index (χ4n) is 3.86. The molecule has 0 spiro atoms. The lowest BCUT2D eigenvalue weighted by Crippen LogP contribution is -1.91. The monoisotopic (exact) mass is 434 g/mol. The molecule has 0 saturated heterocycles. The SMILES string of the molecule is Brc1ccc(C=C(c2ccc3ccccc3c2)c2cccc3ccccc23)cc1. The van der Waals surface area contributed by atoms with E-state index >= 15 is 0 Å². The third kappa shape index (κ3) is 3.62. The molecule has 0 aliphatic carbocycles. The highest BCUT2D eigenvalue weighted by Gasteiger charge is 2.10. The molecule has 0 aliphatic heterocycles. The van der Waals surface area contributed by atoms with Crippen LogP contribution < -0.4 is 0 Å². The van der Waals surface area contributed by atoms with Crippen LogP contribution in [0.2, 0.25) is 0 Å². The number of benzene rings is 5. The highest BCUT2D eigenvalue weighted by molar-refractivity contribution is 9.10. The molecule has 5 aromatic carbocycles. The summed E-state index contributed by atoms with van der Waals surface area (Å²) in [5, 5.41) is 5.04. The lowest BCUT2D eigenvalue weighted by atomic mass is 9.90. The molecule has 5 rings (SSSR count). The maximum atomic E-state index is 3.54. The van der Waals surface area contributed by atoms with Crippen molar-refractivity contribution < 1.29 is 0 Å². The van der Waals surface area contributed by atoms with Crippen LogP contribution in [0.15, 0.2) is 114 Å². The minimum Gasteiger partial charge on any atom is -0.0616 e. The second kappa shape index (κ2) is 7.69. The van der Waals surface area contributed by atoms with Gasteiger partial charge in [0, 0.05) is 4.47 Å². The van der Waals surface area contributed by atoms with Gasteiger partial charge in [-0.15, -0.1) is 0 Å². The molecule has 29 heavy (non-hydrogen) atoms. The molecule has 0 bridgehead atoms. The van der Waals surface area contributed by atoms with Gasteiger partial charge in [0.2, 0.25) is 0 Å². The van der Waals surface area contributed by atoms with Crippen molar-refractivity contribution in [1.82, 2.24) is 0 Å². The van der Waals surface area contributed by atoms with Crippen molar-refractivity contribution in [2.45, 2.75) is 0 Å². The standard InChI is InChI=1S/C28H19Br/c29-25-16-12-20(13-17-25)18-28(24-15-14-21-6-1-2-8-23(21)19-24)27-11-5-9-22-7-3-4-10-26(22)27/h1-19H. The summed E-state index contributed by atoms with van der Waals surface area (Å²) >= 11 is 3.54. The van der Waals surface area contributed by atoms with Crippen molar-refractivity contribution in [2.24, 2.45) is 0 Å². The number of halogens is 1. The predicted octanol–water partition coefficient (Wildman–Crippen LogP) is 8.34. The maximum absolute atomic E-state index is 3.54. The molecule has 0 unspecified atom stereocenters. The summed E-state index contributed by atoms with van der Waals surface area (Å²) in [5.41, 5.74) is 4.89. The van der Waals surface area contributed by atoms with Crippen molar-refractivity contribution in [2.75, 3.05) is 0 Å². The molecule has 0 nitrogen and oxygen atoms in total. The van der Waals surface area contributed by atoms with Crippen LogP contribution in [0.3, 0.4) is 0 Å². The third-order valence-electron chi connectivity index (χ3n) is 5.32. The number of hydrogen-bond donors (Lipinski definition) is 0. The van der Waals surface area contributed by atoms with E-state index in [1.54, 1.807) is 0 Å². The van der Waals surface area contributed by atoms with Crippen LogP contribution in [0, 0.1) is 0 Å². The molecule has 0 aliphatic rings. The molecule has 0 radical (unpaired) electrons. The van der Waals surface area contributed by atoms with Crippen molar-refractivity contribution in [1.29, 1.82) is 0 Å². The lowest BCUT2D eigenvalue weighted by molar-refractivity contribution is 1.58. The highest BCUT2D eigenvalue weighted by atomic mass is 79.9. The van der Waals surface area contributed by atoms with Crippen LogP contribution in [-0.4, -0.2) is 0 Å². The summed E-state index contributed by atoms with van der Waals surface area (Å²) in [6.45, 7) is 0. The van der Waals surface area contributed by atoms with Crippen LogP contribution in [0.5, 0.6) is 0 Å². The second-order valence-corrected chi connectivity index (χ2v) is 8.11. The van der Waals surface area contributed by atoms with Crippen molar-refractivity contribution in [3.05, 3.63) is 130 Å². The van der Waals surface area contributed by atoms with Crippen molar-refractivity contribution in [3.63, 3.8) is 0 Å². The molecular formula is C28H19Br. The molecule has 1 heteroatoms. The summed E-state index contributed by atoms with van der Waals surface area (Å²) < 4.78 is 1.09. The van der Waals surface area contributed by atoms with Gasteiger partial charge in [0.1, 0.15) is 0 Å². The Labute approximate surface area is 179 Å². The topological polar surface area (TPSA) is 0 Å². The molecule has 0 saturated carbocycles. The minimum atomic E-state index is 1.09. The Morgan fingerprint density at radius 3 is 2.10 bits per heavy atom. The summed E-state index contributed by atoms with van der Waals surface area (Å²) in [7, 11) is 0. The van der Waals surface area contributed by atoms with E-state index in [0.29, 0.717) is 0 Å². The smallest absolute Gasteiger partial charge is 0.0175 e. The molecule has 5 aromatic rings. The first kappa shape index (κ1) is 17.9. The Morgan fingerprint density at radius 1 is 0.586 bits per heavy atom. The molecule has 0 N–H and O–H groups in total. The Bertz CT molecular complexity index is 1340. The van der Waals surface area contributed by atoms with E-state index in [1.165, 1.54) is 43.8 Å². The Hall–Kier alpha value is -3.16. The van der Waals surface area contributed by atoms with Gasteiger partial charge in [-0.3, -0.25) is 0 Å². The number of hydrogen-bond acceptors (Lipinski definition) is 0. The first-order valence-electron chi connectivity index (χ1n) is 9.72. The van der Waals surface area contributed by atoms with Crippen molar-refractivity contribution >= 4 is 49.1 Å². The first-order valence-corrected chi connectivity index (χ1v) is 10.5. The fraction of sp³-hybridized carbons (Fsp3) is 0.